The van der Waals surface area contributed by atoms with Gasteiger partial charge in [0.25, 0.3) is 0 Å². The molecule has 0 N–H and O–H groups in total. The molecule has 0 aliphatic carbocycles. The van der Waals surface area contributed by atoms with Gasteiger partial charge in [0.1, 0.15) is 0 Å². The smallest absolute Gasteiger partial charge is 0.333 e. The number of carbonyl (C=O) groups is 2. The molecule has 0 atom stereocenters. The van der Waals surface area contributed by atoms with Crippen molar-refractivity contribution >= 4 is 11.9 Å². The van der Waals surface area contributed by atoms with Crippen LogP contribution in [0, 0.1) is 0 Å². The monoisotopic (exact) mass is 248 g/mol. The lowest BCUT2D eigenvalue weighted by Gasteiger charge is -2.05. The van der Waals surface area contributed by atoms with Crippen molar-refractivity contribution in [2.45, 2.75) is 12.8 Å². The van der Waals surface area contributed by atoms with E-state index in [1.54, 1.807) is 0 Å². The molecule has 1 aromatic carbocycles. The summed E-state index contributed by atoms with van der Waals surface area (Å²) in [5.41, 5.74) is 1.41. The summed E-state index contributed by atoms with van der Waals surface area (Å²) in [6.45, 7) is 0. The van der Waals surface area contributed by atoms with E-state index in [9.17, 15) is 9.59 Å². The quantitative estimate of drug-likeness (QED) is 0.590. The Morgan fingerprint density at radius 1 is 1.11 bits per heavy atom. The molecule has 4 heteroatoms. The predicted octanol–water partition coefficient (Wildman–Crippen LogP) is 1.89. The largest absolute Gasteiger partial charge is 0.466 e. The van der Waals surface area contributed by atoms with Gasteiger partial charge in [0.15, 0.2) is 0 Å². The van der Waals surface area contributed by atoms with E-state index in [1.165, 1.54) is 20.3 Å². The third-order valence-corrected chi connectivity index (χ3v) is 2.47. The molecule has 0 aromatic heterocycles. The second-order valence-electron chi connectivity index (χ2n) is 3.67. The summed E-state index contributed by atoms with van der Waals surface area (Å²) in [4.78, 5) is 22.6. The van der Waals surface area contributed by atoms with Gasteiger partial charge < -0.3 is 9.47 Å². The van der Waals surface area contributed by atoms with Crippen LogP contribution < -0.4 is 0 Å². The molecular weight excluding hydrogens is 232 g/mol. The first-order valence-corrected chi connectivity index (χ1v) is 5.58. The van der Waals surface area contributed by atoms with Gasteiger partial charge in [0.05, 0.1) is 14.2 Å². The fourth-order valence-electron chi connectivity index (χ4n) is 1.49. The van der Waals surface area contributed by atoms with Crippen LogP contribution in [-0.2, 0) is 25.5 Å². The summed E-state index contributed by atoms with van der Waals surface area (Å²) in [5.74, 6) is -1.06. The molecule has 4 nitrogen and oxygen atoms in total. The number of methoxy groups -OCH3 is 2. The molecule has 96 valence electrons. The molecule has 0 spiro atoms. The minimum Gasteiger partial charge on any atom is -0.466 e. The van der Waals surface area contributed by atoms with E-state index in [4.69, 9.17) is 0 Å². The number of hydrogen-bond donors (Lipinski definition) is 0. The Morgan fingerprint density at radius 2 is 1.78 bits per heavy atom. The van der Waals surface area contributed by atoms with Crippen molar-refractivity contribution in [1.29, 1.82) is 0 Å². The first-order valence-electron chi connectivity index (χ1n) is 5.58. The predicted molar refractivity (Wildman–Crippen MR) is 66.9 cm³/mol. The van der Waals surface area contributed by atoms with E-state index in [2.05, 4.69) is 9.47 Å². The maximum Gasteiger partial charge on any atom is 0.333 e. The van der Waals surface area contributed by atoms with E-state index >= 15 is 0 Å². The molecular formula is C14H16O4. The van der Waals surface area contributed by atoms with Gasteiger partial charge in [-0.25, -0.2) is 9.59 Å². The average molecular weight is 248 g/mol. The molecule has 0 bridgehead atoms. The van der Waals surface area contributed by atoms with Gasteiger partial charge in [-0.2, -0.15) is 0 Å². The van der Waals surface area contributed by atoms with Crippen molar-refractivity contribution in [2.24, 2.45) is 0 Å². The maximum atomic E-state index is 11.5. The highest BCUT2D eigenvalue weighted by atomic mass is 16.5. The van der Waals surface area contributed by atoms with Crippen LogP contribution in [0.2, 0.25) is 0 Å². The Morgan fingerprint density at radius 3 is 2.33 bits per heavy atom. The summed E-state index contributed by atoms with van der Waals surface area (Å²) in [7, 11) is 2.56. The molecule has 0 amide bonds. The van der Waals surface area contributed by atoms with Crippen LogP contribution in [0.1, 0.15) is 12.0 Å². The molecule has 0 saturated carbocycles. The van der Waals surface area contributed by atoms with Gasteiger partial charge in [0, 0.05) is 11.6 Å². The van der Waals surface area contributed by atoms with E-state index in [0.717, 1.165) is 5.56 Å². The second-order valence-corrected chi connectivity index (χ2v) is 3.67. The summed E-state index contributed by atoms with van der Waals surface area (Å²) in [6.07, 6.45) is 2.28. The third-order valence-electron chi connectivity index (χ3n) is 2.47. The number of esters is 2. The first-order chi connectivity index (χ1) is 8.67. The molecule has 0 unspecified atom stereocenters. The molecule has 0 aliphatic rings. The van der Waals surface area contributed by atoms with Gasteiger partial charge in [-0.1, -0.05) is 30.3 Å². The molecule has 0 saturated heterocycles. The zero-order valence-corrected chi connectivity index (χ0v) is 10.5. The highest BCUT2D eigenvalue weighted by molar-refractivity contribution is 5.96. The van der Waals surface area contributed by atoms with Crippen molar-refractivity contribution in [3.8, 4) is 0 Å². The lowest BCUT2D eigenvalue weighted by molar-refractivity contribution is -0.138. The maximum absolute atomic E-state index is 11.5. The number of hydrogen-bond acceptors (Lipinski definition) is 4. The van der Waals surface area contributed by atoms with Crippen molar-refractivity contribution in [3.05, 3.63) is 47.5 Å². The molecule has 1 aromatic rings. The Hall–Kier alpha value is -2.10. The van der Waals surface area contributed by atoms with Gasteiger partial charge in [-0.3, -0.25) is 0 Å². The topological polar surface area (TPSA) is 52.6 Å². The van der Waals surface area contributed by atoms with E-state index in [-0.39, 0.29) is 0 Å². The molecule has 18 heavy (non-hydrogen) atoms. The number of ether oxygens (including phenoxy) is 2. The summed E-state index contributed by atoms with van der Waals surface area (Å²) >= 11 is 0. The van der Waals surface area contributed by atoms with Crippen molar-refractivity contribution in [2.75, 3.05) is 14.2 Å². The summed E-state index contributed by atoms with van der Waals surface area (Å²) in [6, 6.07) is 9.71. The molecule has 0 aliphatic heterocycles. The van der Waals surface area contributed by atoms with Crippen LogP contribution in [-0.4, -0.2) is 26.2 Å². The average Bonchev–Trinajstić information content (AvgIpc) is 2.43. The number of benzene rings is 1. The van der Waals surface area contributed by atoms with Gasteiger partial charge in [0.2, 0.25) is 0 Å². The van der Waals surface area contributed by atoms with E-state index < -0.39 is 11.9 Å². The third kappa shape index (κ3) is 4.41. The summed E-state index contributed by atoms with van der Waals surface area (Å²) in [5, 5.41) is 0. The van der Waals surface area contributed by atoms with Crippen LogP contribution >= 0.6 is 0 Å². The highest BCUT2D eigenvalue weighted by Gasteiger charge is 2.12. The van der Waals surface area contributed by atoms with Crippen molar-refractivity contribution < 1.29 is 19.1 Å². The standard InChI is InChI=1S/C14H16O4/c1-17-13(15)10-12(14(16)18-2)9-8-11-6-4-3-5-7-11/h3-7,10H,8-9H2,1-2H3. The van der Waals surface area contributed by atoms with Crippen LogP contribution in [0.3, 0.4) is 0 Å². The number of aryl methyl sites for hydroxylation is 1. The van der Waals surface area contributed by atoms with Gasteiger partial charge in [-0.05, 0) is 18.4 Å². The Labute approximate surface area is 106 Å². The lowest BCUT2D eigenvalue weighted by atomic mass is 10.0. The zero-order chi connectivity index (χ0) is 13.4. The first kappa shape index (κ1) is 14.0. The minimum absolute atomic E-state index is 0.313. The van der Waals surface area contributed by atoms with Crippen LogP contribution in [0.15, 0.2) is 42.0 Å². The summed E-state index contributed by atoms with van der Waals surface area (Å²) < 4.78 is 9.14. The van der Waals surface area contributed by atoms with Crippen molar-refractivity contribution in [1.82, 2.24) is 0 Å². The molecule has 1 rings (SSSR count). The highest BCUT2D eigenvalue weighted by Crippen LogP contribution is 2.11. The minimum atomic E-state index is -0.552. The molecule has 0 fully saturated rings. The van der Waals surface area contributed by atoms with E-state index in [1.807, 2.05) is 30.3 Å². The second kappa shape index (κ2) is 7.27. The molecule has 0 heterocycles. The fraction of sp³-hybridized carbons (Fsp3) is 0.286. The van der Waals surface area contributed by atoms with Crippen LogP contribution in [0.4, 0.5) is 0 Å². The van der Waals surface area contributed by atoms with Crippen molar-refractivity contribution in [3.63, 3.8) is 0 Å². The Bertz CT molecular complexity index is 434. The lowest BCUT2D eigenvalue weighted by Crippen LogP contribution is -2.09. The van der Waals surface area contributed by atoms with Gasteiger partial charge >= 0.3 is 11.9 Å². The van der Waals surface area contributed by atoms with E-state index in [0.29, 0.717) is 18.4 Å². The Kier molecular flexibility index (Phi) is 5.64. The number of carbonyl (C=O) groups excluding carboxylic acids is 2. The molecule has 0 radical (unpaired) electrons. The zero-order valence-electron chi connectivity index (χ0n) is 10.5. The fourth-order valence-corrected chi connectivity index (χ4v) is 1.49. The van der Waals surface area contributed by atoms with Gasteiger partial charge in [-0.15, -0.1) is 0 Å². The SMILES string of the molecule is COC(=O)C=C(CCc1ccccc1)C(=O)OC. The Balaban J connectivity index is 2.71. The van der Waals surface area contributed by atoms with Crippen LogP contribution in [0.25, 0.3) is 0 Å². The number of rotatable bonds is 5. The van der Waals surface area contributed by atoms with Crippen LogP contribution in [0.5, 0.6) is 0 Å². The normalized spacial score (nSPS) is 10.9.